The Labute approximate surface area is 93.0 Å². The molecular formula is C9H14ClN3O2. The largest absolute Gasteiger partial charge is 0.480 e. The van der Waals surface area contributed by atoms with E-state index >= 15 is 0 Å². The van der Waals surface area contributed by atoms with E-state index in [9.17, 15) is 4.79 Å². The Morgan fingerprint density at radius 1 is 1.73 bits per heavy atom. The molecule has 0 saturated carbocycles. The molecule has 1 rings (SSSR count). The number of carboxylic acid groups (broad SMARTS) is 1. The van der Waals surface area contributed by atoms with Gasteiger partial charge < -0.3 is 10.4 Å². The maximum atomic E-state index is 10.9. The first-order chi connectivity index (χ1) is 6.99. The minimum atomic E-state index is -0.906. The van der Waals surface area contributed by atoms with Crippen molar-refractivity contribution < 1.29 is 9.90 Å². The van der Waals surface area contributed by atoms with Crippen LogP contribution < -0.4 is 5.32 Å². The van der Waals surface area contributed by atoms with Crippen LogP contribution in [0.1, 0.15) is 18.7 Å². The van der Waals surface area contributed by atoms with Gasteiger partial charge in [-0.15, -0.1) is 0 Å². The zero-order chi connectivity index (χ0) is 11.6. The molecule has 15 heavy (non-hydrogen) atoms. The standard InChI is InChI=1S/C9H14ClN3O2/c1-5-7(10)4-12-13(5)6(2)8(11-3)9(14)15/h4,6,8,11H,1-3H3,(H,14,15). The summed E-state index contributed by atoms with van der Waals surface area (Å²) in [5.41, 5.74) is 0.769. The number of aromatic nitrogens is 2. The van der Waals surface area contributed by atoms with Gasteiger partial charge in [0.1, 0.15) is 6.04 Å². The van der Waals surface area contributed by atoms with Gasteiger partial charge in [0.15, 0.2) is 0 Å². The van der Waals surface area contributed by atoms with Crippen molar-refractivity contribution in [3.8, 4) is 0 Å². The third-order valence-electron chi connectivity index (χ3n) is 2.43. The number of carbonyl (C=O) groups is 1. The lowest BCUT2D eigenvalue weighted by Gasteiger charge is -2.21. The lowest BCUT2D eigenvalue weighted by Crippen LogP contribution is -2.41. The quantitative estimate of drug-likeness (QED) is 0.814. The van der Waals surface area contributed by atoms with Gasteiger partial charge in [-0.1, -0.05) is 11.6 Å². The van der Waals surface area contributed by atoms with E-state index in [1.165, 1.54) is 6.20 Å². The topological polar surface area (TPSA) is 67.2 Å². The monoisotopic (exact) mass is 231 g/mol. The molecule has 5 nitrogen and oxygen atoms in total. The molecule has 1 heterocycles. The van der Waals surface area contributed by atoms with E-state index in [2.05, 4.69) is 10.4 Å². The lowest BCUT2D eigenvalue weighted by atomic mass is 10.1. The van der Waals surface area contributed by atoms with Gasteiger partial charge in [0.05, 0.1) is 23.0 Å². The molecule has 2 unspecified atom stereocenters. The van der Waals surface area contributed by atoms with Crippen molar-refractivity contribution in [2.24, 2.45) is 0 Å². The third kappa shape index (κ3) is 2.30. The summed E-state index contributed by atoms with van der Waals surface area (Å²) in [6.07, 6.45) is 1.52. The van der Waals surface area contributed by atoms with Crippen molar-refractivity contribution in [3.63, 3.8) is 0 Å². The van der Waals surface area contributed by atoms with Gasteiger partial charge in [-0.25, -0.2) is 0 Å². The number of nitrogens with one attached hydrogen (secondary N) is 1. The second-order valence-electron chi connectivity index (χ2n) is 3.37. The molecule has 0 aliphatic heterocycles. The van der Waals surface area contributed by atoms with Crippen molar-refractivity contribution >= 4 is 17.6 Å². The number of rotatable bonds is 4. The first-order valence-electron chi connectivity index (χ1n) is 4.58. The maximum Gasteiger partial charge on any atom is 0.322 e. The van der Waals surface area contributed by atoms with Crippen LogP contribution in [0.4, 0.5) is 0 Å². The molecule has 0 spiro atoms. The molecule has 2 atom stereocenters. The van der Waals surface area contributed by atoms with E-state index in [0.717, 1.165) is 5.69 Å². The van der Waals surface area contributed by atoms with Crippen LogP contribution in [0, 0.1) is 6.92 Å². The number of hydrogen-bond acceptors (Lipinski definition) is 3. The molecular weight excluding hydrogens is 218 g/mol. The number of carboxylic acids is 1. The molecule has 2 N–H and O–H groups in total. The van der Waals surface area contributed by atoms with Gasteiger partial charge in [-0.05, 0) is 20.9 Å². The van der Waals surface area contributed by atoms with Crippen LogP contribution in [0.3, 0.4) is 0 Å². The Morgan fingerprint density at radius 2 is 2.33 bits per heavy atom. The van der Waals surface area contributed by atoms with Crippen molar-refractivity contribution in [2.45, 2.75) is 25.9 Å². The van der Waals surface area contributed by atoms with Crippen LogP contribution in [0.25, 0.3) is 0 Å². The van der Waals surface area contributed by atoms with E-state index in [-0.39, 0.29) is 6.04 Å². The number of nitrogens with zero attached hydrogens (tertiary/aromatic N) is 2. The summed E-state index contributed by atoms with van der Waals surface area (Å²) in [5.74, 6) is -0.906. The Kier molecular flexibility index (Phi) is 3.71. The van der Waals surface area contributed by atoms with E-state index in [1.54, 1.807) is 25.6 Å². The summed E-state index contributed by atoms with van der Waals surface area (Å²) in [7, 11) is 1.61. The van der Waals surface area contributed by atoms with E-state index in [4.69, 9.17) is 16.7 Å². The minimum Gasteiger partial charge on any atom is -0.480 e. The molecule has 0 bridgehead atoms. The van der Waals surface area contributed by atoms with Gasteiger partial charge in [-0.3, -0.25) is 9.48 Å². The molecule has 84 valence electrons. The van der Waals surface area contributed by atoms with E-state index in [0.29, 0.717) is 5.02 Å². The fourth-order valence-electron chi connectivity index (χ4n) is 1.53. The molecule has 1 aromatic heterocycles. The molecule has 6 heteroatoms. The Morgan fingerprint density at radius 3 is 2.67 bits per heavy atom. The molecule has 0 aromatic carbocycles. The summed E-state index contributed by atoms with van der Waals surface area (Å²) in [4.78, 5) is 10.9. The third-order valence-corrected chi connectivity index (χ3v) is 2.80. The molecule has 0 aliphatic carbocycles. The summed E-state index contributed by atoms with van der Waals surface area (Å²) in [6, 6.07) is -0.973. The van der Waals surface area contributed by atoms with Crippen LogP contribution in [-0.2, 0) is 4.79 Å². The van der Waals surface area contributed by atoms with E-state index in [1.807, 2.05) is 0 Å². The highest BCUT2D eigenvalue weighted by Gasteiger charge is 2.26. The summed E-state index contributed by atoms with van der Waals surface area (Å²) >= 11 is 5.85. The van der Waals surface area contributed by atoms with Crippen LogP contribution in [0.2, 0.25) is 5.02 Å². The Hall–Kier alpha value is -1.07. The van der Waals surface area contributed by atoms with Gasteiger partial charge in [0.2, 0.25) is 0 Å². The highest BCUT2D eigenvalue weighted by Crippen LogP contribution is 2.19. The zero-order valence-corrected chi connectivity index (χ0v) is 9.62. The number of halogens is 1. The SMILES string of the molecule is CNC(C(=O)O)C(C)n1ncc(Cl)c1C. The first-order valence-corrected chi connectivity index (χ1v) is 4.96. The predicted octanol–water partition coefficient (Wildman–Crippen LogP) is 1.08. The fourth-order valence-corrected chi connectivity index (χ4v) is 1.66. The van der Waals surface area contributed by atoms with Gasteiger partial charge >= 0.3 is 5.97 Å². The Balaban J connectivity index is 2.97. The minimum absolute atomic E-state index is 0.292. The molecule has 0 aliphatic rings. The van der Waals surface area contributed by atoms with Crippen LogP contribution >= 0.6 is 11.6 Å². The number of likely N-dealkylation sites (N-methyl/N-ethyl adjacent to an activating group) is 1. The second-order valence-corrected chi connectivity index (χ2v) is 3.77. The molecule has 0 fully saturated rings. The average Bonchev–Trinajstić information content (AvgIpc) is 2.48. The second kappa shape index (κ2) is 4.63. The van der Waals surface area contributed by atoms with Crippen molar-refractivity contribution in [1.29, 1.82) is 0 Å². The number of hydrogen-bond donors (Lipinski definition) is 2. The van der Waals surface area contributed by atoms with Gasteiger partial charge in [0, 0.05) is 0 Å². The fraction of sp³-hybridized carbons (Fsp3) is 0.556. The molecule has 0 amide bonds. The normalized spacial score (nSPS) is 14.9. The van der Waals surface area contributed by atoms with Crippen molar-refractivity contribution in [1.82, 2.24) is 15.1 Å². The first kappa shape index (κ1) is 12.0. The lowest BCUT2D eigenvalue weighted by molar-refractivity contribution is -0.140. The molecule has 0 radical (unpaired) electrons. The molecule has 0 saturated heterocycles. The predicted molar refractivity (Wildman–Crippen MR) is 57.2 cm³/mol. The summed E-state index contributed by atoms with van der Waals surface area (Å²) in [5, 5.41) is 16.3. The van der Waals surface area contributed by atoms with Crippen molar-refractivity contribution in [3.05, 3.63) is 16.9 Å². The van der Waals surface area contributed by atoms with Gasteiger partial charge in [-0.2, -0.15) is 5.10 Å². The maximum absolute atomic E-state index is 10.9. The average molecular weight is 232 g/mol. The Bertz CT molecular complexity index is 364. The number of aliphatic carboxylic acids is 1. The van der Waals surface area contributed by atoms with Crippen LogP contribution in [0.5, 0.6) is 0 Å². The highest BCUT2D eigenvalue weighted by molar-refractivity contribution is 6.31. The summed E-state index contributed by atoms with van der Waals surface area (Å²) < 4.78 is 1.61. The van der Waals surface area contributed by atoms with E-state index < -0.39 is 12.0 Å². The van der Waals surface area contributed by atoms with Crippen LogP contribution in [-0.4, -0.2) is 33.9 Å². The van der Waals surface area contributed by atoms with Crippen LogP contribution in [0.15, 0.2) is 6.20 Å². The highest BCUT2D eigenvalue weighted by atomic mass is 35.5. The molecule has 1 aromatic rings. The smallest absolute Gasteiger partial charge is 0.322 e. The van der Waals surface area contributed by atoms with Crippen molar-refractivity contribution in [2.75, 3.05) is 7.05 Å². The zero-order valence-electron chi connectivity index (χ0n) is 8.86. The van der Waals surface area contributed by atoms with Gasteiger partial charge in [0.25, 0.3) is 0 Å². The summed E-state index contributed by atoms with van der Waals surface area (Å²) in [6.45, 7) is 3.59.